The topological polar surface area (TPSA) is 97.9 Å². The van der Waals surface area contributed by atoms with Crippen LogP contribution in [-0.4, -0.2) is 38.5 Å². The molecule has 2 amide bonds. The molecule has 4 saturated carbocycles. The molecule has 0 aromatic heterocycles. The Labute approximate surface area is 199 Å². The van der Waals surface area contributed by atoms with Crippen LogP contribution >= 0.6 is 0 Å². The summed E-state index contributed by atoms with van der Waals surface area (Å²) < 4.78 is 16.3. The van der Waals surface area contributed by atoms with E-state index in [1.807, 2.05) is 12.1 Å². The van der Waals surface area contributed by atoms with Gasteiger partial charge in [0, 0.05) is 18.8 Å². The van der Waals surface area contributed by atoms with Crippen LogP contribution < -0.4 is 25.4 Å². The van der Waals surface area contributed by atoms with E-state index in [2.05, 4.69) is 16.0 Å². The van der Waals surface area contributed by atoms with E-state index in [0.717, 1.165) is 29.9 Å². The molecule has 8 nitrogen and oxygen atoms in total. The van der Waals surface area contributed by atoms with E-state index in [1.165, 1.54) is 38.5 Å². The maximum atomic E-state index is 13.1. The van der Waals surface area contributed by atoms with E-state index in [1.54, 1.807) is 13.0 Å². The zero-order valence-electron chi connectivity index (χ0n) is 19.7. The van der Waals surface area contributed by atoms with Crippen molar-refractivity contribution >= 4 is 12.0 Å². The van der Waals surface area contributed by atoms with Gasteiger partial charge < -0.3 is 30.2 Å². The second-order valence-corrected chi connectivity index (χ2v) is 10.8. The molecule has 0 radical (unpaired) electrons. The molecule has 7 rings (SSSR count). The zero-order chi connectivity index (χ0) is 23.3. The molecular weight excluding hydrogens is 434 g/mol. The number of hydrogen-bond donors (Lipinski definition) is 3. The van der Waals surface area contributed by atoms with Crippen molar-refractivity contribution in [3.05, 3.63) is 35.0 Å². The molecule has 0 saturated heterocycles. The molecule has 0 unspecified atom stereocenters. The third kappa shape index (κ3) is 3.91. The molecule has 1 aromatic carbocycles. The van der Waals surface area contributed by atoms with E-state index in [-0.39, 0.29) is 19.4 Å². The number of carbonyl (C=O) groups is 2. The molecule has 1 atom stereocenters. The number of nitrogens with one attached hydrogen (secondary N) is 3. The van der Waals surface area contributed by atoms with Crippen molar-refractivity contribution in [1.29, 1.82) is 0 Å². The van der Waals surface area contributed by atoms with Crippen LogP contribution in [0.4, 0.5) is 4.79 Å². The van der Waals surface area contributed by atoms with Crippen molar-refractivity contribution in [1.82, 2.24) is 16.0 Å². The second-order valence-electron chi connectivity index (χ2n) is 10.8. The smallest absolute Gasteiger partial charge is 0.338 e. The summed E-state index contributed by atoms with van der Waals surface area (Å²) in [6, 6.07) is 4.52. The lowest BCUT2D eigenvalue weighted by atomic mass is 9.49. The Kier molecular flexibility index (Phi) is 5.43. The molecule has 8 heteroatoms. The lowest BCUT2D eigenvalue weighted by Gasteiger charge is -2.57. The van der Waals surface area contributed by atoms with E-state index in [4.69, 9.17) is 14.2 Å². The van der Waals surface area contributed by atoms with Gasteiger partial charge >= 0.3 is 12.0 Å². The molecule has 3 N–H and O–H groups in total. The summed E-state index contributed by atoms with van der Waals surface area (Å²) in [6.45, 7) is 3.56. The molecule has 4 bridgehead atoms. The zero-order valence-corrected chi connectivity index (χ0v) is 19.7. The molecule has 182 valence electrons. The minimum atomic E-state index is -0.626. The monoisotopic (exact) mass is 467 g/mol. The van der Waals surface area contributed by atoms with Gasteiger partial charge in [0.25, 0.3) is 0 Å². The third-order valence-corrected chi connectivity index (χ3v) is 8.35. The predicted octanol–water partition coefficient (Wildman–Crippen LogP) is 3.39. The van der Waals surface area contributed by atoms with Crippen LogP contribution in [-0.2, 0) is 9.53 Å². The summed E-state index contributed by atoms with van der Waals surface area (Å²) in [5.74, 6) is 3.49. The van der Waals surface area contributed by atoms with Crippen LogP contribution in [0.2, 0.25) is 0 Å². The summed E-state index contributed by atoms with van der Waals surface area (Å²) in [4.78, 5) is 25.7. The molecular formula is C26H33N3O5. The summed E-state index contributed by atoms with van der Waals surface area (Å²) in [7, 11) is 0. The number of hydrogen-bond acceptors (Lipinski definition) is 6. The first-order chi connectivity index (χ1) is 16.5. The van der Waals surface area contributed by atoms with Gasteiger partial charge in [0.2, 0.25) is 6.79 Å². The molecule has 4 fully saturated rings. The molecule has 6 aliphatic rings. The Morgan fingerprint density at radius 1 is 1.12 bits per heavy atom. The Hall–Kier alpha value is -2.74. The Morgan fingerprint density at radius 2 is 1.82 bits per heavy atom. The van der Waals surface area contributed by atoms with Gasteiger partial charge in [-0.2, -0.15) is 0 Å². The van der Waals surface area contributed by atoms with Gasteiger partial charge in [-0.15, -0.1) is 0 Å². The van der Waals surface area contributed by atoms with Gasteiger partial charge in [-0.3, -0.25) is 0 Å². The van der Waals surface area contributed by atoms with Crippen LogP contribution in [0, 0.1) is 23.2 Å². The van der Waals surface area contributed by atoms with Crippen molar-refractivity contribution in [2.24, 2.45) is 23.2 Å². The largest absolute Gasteiger partial charge is 0.463 e. The minimum absolute atomic E-state index is 0.164. The van der Waals surface area contributed by atoms with Crippen LogP contribution in [0.25, 0.3) is 0 Å². The molecule has 34 heavy (non-hydrogen) atoms. The van der Waals surface area contributed by atoms with Crippen molar-refractivity contribution in [3.8, 4) is 11.5 Å². The number of ether oxygens (including phenoxy) is 3. The normalized spacial score (nSPS) is 33.0. The van der Waals surface area contributed by atoms with Crippen molar-refractivity contribution in [3.63, 3.8) is 0 Å². The first-order valence-electron chi connectivity index (χ1n) is 12.6. The minimum Gasteiger partial charge on any atom is -0.463 e. The maximum absolute atomic E-state index is 13.1. The van der Waals surface area contributed by atoms with Gasteiger partial charge in [0.15, 0.2) is 11.5 Å². The van der Waals surface area contributed by atoms with Gasteiger partial charge in [-0.1, -0.05) is 6.07 Å². The van der Waals surface area contributed by atoms with E-state index in [0.29, 0.717) is 34.7 Å². The number of fused-ring (bicyclic) bond motifs is 1. The quantitative estimate of drug-likeness (QED) is 0.532. The number of amides is 2. The van der Waals surface area contributed by atoms with Crippen LogP contribution in [0.15, 0.2) is 29.5 Å². The summed E-state index contributed by atoms with van der Waals surface area (Å²) in [5, 5.41) is 9.39. The highest BCUT2D eigenvalue weighted by molar-refractivity contribution is 5.95. The van der Waals surface area contributed by atoms with Gasteiger partial charge in [0.05, 0.1) is 18.2 Å². The highest BCUT2D eigenvalue weighted by Crippen LogP contribution is 2.59. The Morgan fingerprint density at radius 3 is 2.53 bits per heavy atom. The maximum Gasteiger partial charge on any atom is 0.338 e. The third-order valence-electron chi connectivity index (χ3n) is 8.35. The predicted molar refractivity (Wildman–Crippen MR) is 124 cm³/mol. The van der Waals surface area contributed by atoms with E-state index in [9.17, 15) is 9.59 Å². The fourth-order valence-corrected chi connectivity index (χ4v) is 7.51. The molecule has 1 aromatic rings. The summed E-state index contributed by atoms with van der Waals surface area (Å²) in [6.07, 6.45) is 8.17. The Bertz CT molecular complexity index is 1000. The second kappa shape index (κ2) is 8.48. The van der Waals surface area contributed by atoms with Crippen LogP contribution in [0.5, 0.6) is 11.5 Å². The number of esters is 1. The van der Waals surface area contributed by atoms with Gasteiger partial charge in [-0.25, -0.2) is 9.59 Å². The lowest BCUT2D eigenvalue weighted by Crippen LogP contribution is -2.52. The number of urea groups is 1. The average molecular weight is 468 g/mol. The first kappa shape index (κ1) is 21.8. The van der Waals surface area contributed by atoms with Crippen molar-refractivity contribution < 1.29 is 23.8 Å². The fraction of sp³-hybridized carbons (Fsp3) is 0.615. The SMILES string of the molecule is CCOC(=O)C1=C(CNCC23CC4CC(CC(C4)C2)C3)NC(=O)N[C@@H]1c1ccc2c(c1)OCO2. The van der Waals surface area contributed by atoms with Gasteiger partial charge in [-0.05, 0) is 86.3 Å². The molecule has 2 heterocycles. The highest BCUT2D eigenvalue weighted by atomic mass is 16.7. The molecule has 0 spiro atoms. The van der Waals surface area contributed by atoms with E-state index < -0.39 is 12.0 Å². The number of benzene rings is 1. The lowest BCUT2D eigenvalue weighted by molar-refractivity contribution is -0.139. The molecule has 4 aliphatic carbocycles. The summed E-state index contributed by atoms with van der Waals surface area (Å²) >= 11 is 0. The number of carbonyl (C=O) groups excluding carboxylic acids is 2. The van der Waals surface area contributed by atoms with Crippen LogP contribution in [0.3, 0.4) is 0 Å². The number of rotatable bonds is 7. The highest BCUT2D eigenvalue weighted by Gasteiger charge is 2.50. The Balaban J connectivity index is 1.24. The average Bonchev–Trinajstić information content (AvgIpc) is 3.26. The summed E-state index contributed by atoms with van der Waals surface area (Å²) in [5.41, 5.74) is 2.13. The van der Waals surface area contributed by atoms with Crippen LogP contribution in [0.1, 0.15) is 57.1 Å². The molecule has 2 aliphatic heterocycles. The first-order valence-corrected chi connectivity index (χ1v) is 12.6. The van der Waals surface area contributed by atoms with Crippen molar-refractivity contribution in [2.75, 3.05) is 26.5 Å². The standard InChI is InChI=1S/C26H33N3O5/c1-2-32-24(30)22-19(12-27-13-26-9-15-5-16(10-26)7-17(6-15)11-26)28-25(31)29-23(22)18-3-4-20-21(8-18)34-14-33-20/h3-4,8,15-17,23,27H,2,5-7,9-14H2,1H3,(H2,28,29,31)/t15?,16?,17?,23-,26?/m1/s1. The van der Waals surface area contributed by atoms with Crippen molar-refractivity contribution in [2.45, 2.75) is 51.5 Å². The fourth-order valence-electron chi connectivity index (χ4n) is 7.51. The van der Waals surface area contributed by atoms with Gasteiger partial charge in [0.1, 0.15) is 0 Å². The van der Waals surface area contributed by atoms with E-state index >= 15 is 0 Å².